The number of carboxylic acid groups (broad SMARTS) is 1. The summed E-state index contributed by atoms with van der Waals surface area (Å²) < 4.78 is 0. The van der Waals surface area contributed by atoms with E-state index in [1.54, 1.807) is 6.20 Å². The number of nitrogens with one attached hydrogen (secondary N) is 1. The lowest BCUT2D eigenvalue weighted by Gasteiger charge is -2.21. The Hall–Kier alpha value is -2.34. The average Bonchev–Trinajstić information content (AvgIpc) is 3.03. The number of amides is 1. The van der Waals surface area contributed by atoms with E-state index in [1.807, 2.05) is 24.3 Å². The quantitative estimate of drug-likeness (QED) is 0.777. The number of carboxylic acids is 1. The fourth-order valence-corrected chi connectivity index (χ4v) is 2.87. The summed E-state index contributed by atoms with van der Waals surface area (Å²) in [6, 6.07) is 6.70. The van der Waals surface area contributed by atoms with Crippen molar-refractivity contribution in [1.29, 1.82) is 0 Å². The Morgan fingerprint density at radius 3 is 2.86 bits per heavy atom. The van der Waals surface area contributed by atoms with Gasteiger partial charge in [0.1, 0.15) is 6.04 Å². The van der Waals surface area contributed by atoms with Gasteiger partial charge in [0.05, 0.1) is 12.5 Å². The summed E-state index contributed by atoms with van der Waals surface area (Å²) in [5.74, 6) is -1.34. The number of hydrogen-bond acceptors (Lipinski definition) is 3. The number of rotatable bonds is 3. The predicted molar refractivity (Wildman–Crippen MR) is 75.8 cm³/mol. The number of aromatic amines is 1. The lowest BCUT2D eigenvalue weighted by atomic mass is 10.1. The van der Waals surface area contributed by atoms with Crippen LogP contribution >= 0.6 is 0 Å². The van der Waals surface area contributed by atoms with E-state index in [1.165, 1.54) is 4.90 Å². The third-order valence-electron chi connectivity index (χ3n) is 3.90. The zero-order valence-corrected chi connectivity index (χ0v) is 11.3. The van der Waals surface area contributed by atoms with Crippen LogP contribution in [-0.2, 0) is 16.0 Å². The zero-order valence-electron chi connectivity index (χ0n) is 11.3. The number of carbonyl (C=O) groups is 2. The Kier molecular flexibility index (Phi) is 3.39. The molecule has 0 bridgehead atoms. The number of likely N-dealkylation sites (tertiary alicyclic amines) is 1. The number of fused-ring (bicyclic) bond motifs is 1. The number of benzene rings is 1. The first-order valence-corrected chi connectivity index (χ1v) is 6.81. The van der Waals surface area contributed by atoms with E-state index in [-0.39, 0.29) is 25.3 Å². The number of carbonyl (C=O) groups excluding carboxylic acids is 1. The summed E-state index contributed by atoms with van der Waals surface area (Å²) in [5, 5.41) is 19.7. The number of para-hydroxylation sites is 1. The van der Waals surface area contributed by atoms with E-state index < -0.39 is 18.1 Å². The third kappa shape index (κ3) is 2.50. The van der Waals surface area contributed by atoms with Crippen LogP contribution < -0.4 is 0 Å². The van der Waals surface area contributed by atoms with Crippen molar-refractivity contribution in [2.75, 3.05) is 6.54 Å². The molecule has 6 heteroatoms. The van der Waals surface area contributed by atoms with Crippen molar-refractivity contribution in [3.63, 3.8) is 0 Å². The van der Waals surface area contributed by atoms with Crippen molar-refractivity contribution in [2.24, 2.45) is 0 Å². The molecule has 1 aromatic heterocycles. The Bertz CT molecular complexity index is 694. The lowest BCUT2D eigenvalue weighted by molar-refractivity contribution is -0.147. The minimum Gasteiger partial charge on any atom is -0.480 e. The van der Waals surface area contributed by atoms with E-state index in [0.717, 1.165) is 16.5 Å². The Balaban J connectivity index is 1.81. The second-order valence-electron chi connectivity index (χ2n) is 5.33. The number of hydrogen-bond donors (Lipinski definition) is 3. The van der Waals surface area contributed by atoms with Crippen LogP contribution in [0.2, 0.25) is 0 Å². The first-order chi connectivity index (χ1) is 10.1. The SMILES string of the molecule is O=C(O)[C@@H]1CC(O)CN1C(=O)Cc1c[nH]c2ccccc12. The van der Waals surface area contributed by atoms with E-state index in [9.17, 15) is 14.7 Å². The maximum absolute atomic E-state index is 12.4. The molecule has 1 amide bonds. The van der Waals surface area contributed by atoms with E-state index in [2.05, 4.69) is 4.98 Å². The highest BCUT2D eigenvalue weighted by atomic mass is 16.4. The molecule has 6 nitrogen and oxygen atoms in total. The van der Waals surface area contributed by atoms with Gasteiger partial charge < -0.3 is 20.1 Å². The average molecular weight is 288 g/mol. The van der Waals surface area contributed by atoms with Crippen LogP contribution in [0.15, 0.2) is 30.5 Å². The molecule has 1 aliphatic rings. The van der Waals surface area contributed by atoms with Crippen LogP contribution in [0.25, 0.3) is 10.9 Å². The van der Waals surface area contributed by atoms with Gasteiger partial charge in [-0.15, -0.1) is 0 Å². The highest BCUT2D eigenvalue weighted by Gasteiger charge is 2.38. The van der Waals surface area contributed by atoms with Crippen molar-refractivity contribution in [1.82, 2.24) is 9.88 Å². The predicted octanol–water partition coefficient (Wildman–Crippen LogP) is 0.757. The monoisotopic (exact) mass is 288 g/mol. The summed E-state index contributed by atoms with van der Waals surface area (Å²) in [6.07, 6.45) is 1.22. The molecule has 1 fully saturated rings. The molecule has 1 saturated heterocycles. The summed E-state index contributed by atoms with van der Waals surface area (Å²) in [5.41, 5.74) is 1.78. The minimum atomic E-state index is -1.07. The molecule has 0 spiro atoms. The summed E-state index contributed by atoms with van der Waals surface area (Å²) in [6.45, 7) is 0.0815. The first-order valence-electron chi connectivity index (χ1n) is 6.81. The highest BCUT2D eigenvalue weighted by Crippen LogP contribution is 2.22. The number of nitrogens with zero attached hydrogens (tertiary/aromatic N) is 1. The fourth-order valence-electron chi connectivity index (χ4n) is 2.87. The second-order valence-corrected chi connectivity index (χ2v) is 5.33. The molecule has 3 rings (SSSR count). The van der Waals surface area contributed by atoms with Gasteiger partial charge in [0.2, 0.25) is 5.91 Å². The van der Waals surface area contributed by atoms with Gasteiger partial charge >= 0.3 is 5.97 Å². The van der Waals surface area contributed by atoms with Gasteiger partial charge in [-0.25, -0.2) is 4.79 Å². The molecule has 1 aliphatic heterocycles. The van der Waals surface area contributed by atoms with Gasteiger partial charge in [0, 0.05) is 30.1 Å². The molecule has 110 valence electrons. The highest BCUT2D eigenvalue weighted by molar-refractivity contribution is 5.91. The van der Waals surface area contributed by atoms with Gasteiger partial charge in [-0.1, -0.05) is 18.2 Å². The standard InChI is InChI=1S/C15H16N2O4/c18-10-6-13(15(20)21)17(8-10)14(19)5-9-7-16-12-4-2-1-3-11(9)12/h1-4,7,10,13,16,18H,5-6,8H2,(H,20,21)/t10?,13-/m0/s1. The van der Waals surface area contributed by atoms with Crippen molar-refractivity contribution >= 4 is 22.8 Å². The largest absolute Gasteiger partial charge is 0.480 e. The maximum Gasteiger partial charge on any atom is 0.326 e. The molecule has 1 unspecified atom stereocenters. The van der Waals surface area contributed by atoms with Gasteiger partial charge in [-0.2, -0.15) is 0 Å². The fraction of sp³-hybridized carbons (Fsp3) is 0.333. The number of aliphatic hydroxyl groups is 1. The van der Waals surface area contributed by atoms with E-state index in [0.29, 0.717) is 0 Å². The Labute approximate surface area is 121 Å². The molecule has 0 saturated carbocycles. The molecule has 2 heterocycles. The molecule has 2 atom stereocenters. The number of aliphatic carboxylic acids is 1. The summed E-state index contributed by atoms with van der Waals surface area (Å²) >= 11 is 0. The summed E-state index contributed by atoms with van der Waals surface area (Å²) in [7, 11) is 0. The third-order valence-corrected chi connectivity index (χ3v) is 3.90. The molecule has 2 aromatic rings. The molecule has 21 heavy (non-hydrogen) atoms. The number of H-pyrrole nitrogens is 1. The molecule has 0 aliphatic carbocycles. The van der Waals surface area contributed by atoms with Crippen molar-refractivity contribution in [2.45, 2.75) is 25.0 Å². The Morgan fingerprint density at radius 2 is 2.10 bits per heavy atom. The number of aliphatic hydroxyl groups excluding tert-OH is 1. The van der Waals surface area contributed by atoms with Crippen molar-refractivity contribution in [3.8, 4) is 0 Å². The topological polar surface area (TPSA) is 93.6 Å². The van der Waals surface area contributed by atoms with Crippen LogP contribution in [0.4, 0.5) is 0 Å². The smallest absolute Gasteiger partial charge is 0.326 e. The van der Waals surface area contributed by atoms with Crippen LogP contribution in [-0.4, -0.2) is 50.7 Å². The van der Waals surface area contributed by atoms with Crippen LogP contribution in [0.3, 0.4) is 0 Å². The van der Waals surface area contributed by atoms with Gasteiger partial charge in [0.15, 0.2) is 0 Å². The number of aromatic nitrogens is 1. The van der Waals surface area contributed by atoms with Gasteiger partial charge in [-0.05, 0) is 11.6 Å². The molecule has 3 N–H and O–H groups in total. The van der Waals surface area contributed by atoms with Crippen LogP contribution in [0, 0.1) is 0 Å². The Morgan fingerprint density at radius 1 is 1.33 bits per heavy atom. The minimum absolute atomic E-state index is 0.0815. The summed E-state index contributed by atoms with van der Waals surface area (Å²) in [4.78, 5) is 27.9. The molecular formula is C15H16N2O4. The maximum atomic E-state index is 12.4. The first kappa shape index (κ1) is 13.6. The van der Waals surface area contributed by atoms with Crippen LogP contribution in [0.5, 0.6) is 0 Å². The van der Waals surface area contributed by atoms with Crippen molar-refractivity contribution in [3.05, 3.63) is 36.0 Å². The number of β-amino-alcohol motifs (C(OH)–C–C–N with tert-alkyl or cyclic N) is 1. The van der Waals surface area contributed by atoms with Gasteiger partial charge in [0.25, 0.3) is 0 Å². The van der Waals surface area contributed by atoms with Crippen LogP contribution in [0.1, 0.15) is 12.0 Å². The second kappa shape index (κ2) is 5.21. The van der Waals surface area contributed by atoms with E-state index in [4.69, 9.17) is 5.11 Å². The normalized spacial score (nSPS) is 21.9. The van der Waals surface area contributed by atoms with Gasteiger partial charge in [-0.3, -0.25) is 4.79 Å². The lowest BCUT2D eigenvalue weighted by Crippen LogP contribution is -2.41. The molecule has 0 radical (unpaired) electrons. The van der Waals surface area contributed by atoms with E-state index >= 15 is 0 Å². The zero-order chi connectivity index (χ0) is 15.0. The van der Waals surface area contributed by atoms with Crippen molar-refractivity contribution < 1.29 is 19.8 Å². The molecule has 1 aromatic carbocycles. The molecular weight excluding hydrogens is 272 g/mol.